The van der Waals surface area contributed by atoms with Gasteiger partial charge in [-0.1, -0.05) is 45.0 Å². The maximum Gasteiger partial charge on any atom is 0.268 e. The van der Waals surface area contributed by atoms with Crippen LogP contribution >= 0.6 is 15.9 Å². The van der Waals surface area contributed by atoms with E-state index in [2.05, 4.69) is 41.7 Å². The Hall–Kier alpha value is -2.80. The molecule has 2 amide bonds. The van der Waals surface area contributed by atoms with Gasteiger partial charge < -0.3 is 4.98 Å². The Bertz CT molecular complexity index is 1220. The molecule has 154 valence electrons. The van der Waals surface area contributed by atoms with E-state index in [-0.39, 0.29) is 22.0 Å². The van der Waals surface area contributed by atoms with Gasteiger partial charge in [-0.25, -0.2) is 8.78 Å². The quantitative estimate of drug-likeness (QED) is 0.517. The van der Waals surface area contributed by atoms with Crippen LogP contribution in [0.2, 0.25) is 0 Å². The largest absolute Gasteiger partial charge is 0.360 e. The van der Waals surface area contributed by atoms with Crippen molar-refractivity contribution in [1.82, 2.24) is 9.88 Å². The summed E-state index contributed by atoms with van der Waals surface area (Å²) in [5.41, 5.74) is 2.78. The van der Waals surface area contributed by atoms with Gasteiger partial charge >= 0.3 is 0 Å². The van der Waals surface area contributed by atoms with Gasteiger partial charge in [0.2, 0.25) is 0 Å². The van der Waals surface area contributed by atoms with E-state index >= 15 is 0 Å². The molecule has 1 aliphatic rings. The highest BCUT2D eigenvalue weighted by Gasteiger charge is 2.38. The van der Waals surface area contributed by atoms with Gasteiger partial charge in [0.15, 0.2) is 11.6 Å². The average molecular weight is 473 g/mol. The summed E-state index contributed by atoms with van der Waals surface area (Å²) in [6, 6.07) is 9.82. The lowest BCUT2D eigenvalue weighted by Gasteiger charge is -2.20. The second kappa shape index (κ2) is 7.16. The van der Waals surface area contributed by atoms with E-state index in [0.717, 1.165) is 28.2 Å². The van der Waals surface area contributed by atoms with E-state index in [1.807, 2.05) is 24.3 Å². The molecule has 1 N–H and O–H groups in total. The SMILES string of the molecule is CC(C)(C)c1ccc(CN2C(=O)C(Br)=C(c3c[nH]c4cc(F)c(F)cc34)C2=O)cc1. The van der Waals surface area contributed by atoms with Crippen LogP contribution in [0.4, 0.5) is 8.78 Å². The molecule has 2 heterocycles. The number of hydrogen-bond acceptors (Lipinski definition) is 2. The van der Waals surface area contributed by atoms with E-state index in [4.69, 9.17) is 0 Å². The van der Waals surface area contributed by atoms with Crippen LogP contribution in [0, 0.1) is 11.6 Å². The lowest BCUT2D eigenvalue weighted by atomic mass is 9.87. The van der Waals surface area contributed by atoms with E-state index in [1.54, 1.807) is 0 Å². The minimum absolute atomic E-state index is 0.000344. The number of benzene rings is 2. The van der Waals surface area contributed by atoms with Crippen LogP contribution in [-0.4, -0.2) is 21.7 Å². The van der Waals surface area contributed by atoms with Crippen molar-refractivity contribution in [2.24, 2.45) is 0 Å². The van der Waals surface area contributed by atoms with Crippen molar-refractivity contribution >= 4 is 44.2 Å². The maximum atomic E-state index is 13.8. The van der Waals surface area contributed by atoms with Gasteiger partial charge in [0, 0.05) is 28.7 Å². The van der Waals surface area contributed by atoms with E-state index in [9.17, 15) is 18.4 Å². The lowest BCUT2D eigenvalue weighted by molar-refractivity contribution is -0.137. The monoisotopic (exact) mass is 472 g/mol. The number of nitrogens with zero attached hydrogens (tertiary/aromatic N) is 1. The van der Waals surface area contributed by atoms with E-state index < -0.39 is 23.4 Å². The highest BCUT2D eigenvalue weighted by atomic mass is 79.9. The zero-order chi connectivity index (χ0) is 21.8. The second-order valence-electron chi connectivity index (χ2n) is 8.35. The molecule has 0 radical (unpaired) electrons. The summed E-state index contributed by atoms with van der Waals surface area (Å²) >= 11 is 3.23. The van der Waals surface area contributed by atoms with Crippen LogP contribution in [0.15, 0.2) is 47.1 Å². The van der Waals surface area contributed by atoms with Gasteiger partial charge in [-0.2, -0.15) is 0 Å². The van der Waals surface area contributed by atoms with Crippen molar-refractivity contribution < 1.29 is 18.4 Å². The standard InChI is InChI=1S/C23H19BrF2N2O2/c1-23(2,3)13-6-4-12(5-7-13)11-28-21(29)19(20(24)22(28)30)15-10-27-18-9-17(26)16(25)8-14(15)18/h4-10,27H,11H2,1-3H3. The summed E-state index contributed by atoms with van der Waals surface area (Å²) < 4.78 is 27.4. The Labute approximate surface area is 180 Å². The van der Waals surface area contributed by atoms with Crippen molar-refractivity contribution in [2.45, 2.75) is 32.7 Å². The van der Waals surface area contributed by atoms with Gasteiger partial charge in [0.25, 0.3) is 11.8 Å². The molecule has 0 bridgehead atoms. The zero-order valence-electron chi connectivity index (χ0n) is 16.6. The first kappa shape index (κ1) is 20.5. The first-order chi connectivity index (χ1) is 14.1. The van der Waals surface area contributed by atoms with Crippen LogP contribution in [0.25, 0.3) is 16.5 Å². The van der Waals surface area contributed by atoms with E-state index in [1.165, 1.54) is 6.20 Å². The number of carbonyl (C=O) groups is 2. The van der Waals surface area contributed by atoms with E-state index in [0.29, 0.717) is 16.5 Å². The first-order valence-corrected chi connectivity index (χ1v) is 10.2. The molecule has 0 saturated carbocycles. The predicted molar refractivity (Wildman–Crippen MR) is 115 cm³/mol. The normalized spacial score (nSPS) is 15.1. The molecule has 1 aliphatic heterocycles. The number of nitrogens with one attached hydrogen (secondary N) is 1. The molecule has 1 aromatic heterocycles. The number of hydrogen-bond donors (Lipinski definition) is 1. The van der Waals surface area contributed by atoms with Crippen LogP contribution in [0.5, 0.6) is 0 Å². The number of amides is 2. The topological polar surface area (TPSA) is 53.2 Å². The number of aromatic nitrogens is 1. The molecule has 0 aliphatic carbocycles. The molecule has 3 aromatic rings. The minimum atomic E-state index is -1.02. The third kappa shape index (κ3) is 3.37. The van der Waals surface area contributed by atoms with Gasteiger partial charge in [-0.15, -0.1) is 0 Å². The number of carbonyl (C=O) groups excluding carboxylic acids is 2. The molecule has 4 rings (SSSR count). The highest BCUT2D eigenvalue weighted by molar-refractivity contribution is 9.12. The summed E-state index contributed by atoms with van der Waals surface area (Å²) in [6.07, 6.45) is 1.48. The van der Waals surface area contributed by atoms with Crippen LogP contribution in [0.1, 0.15) is 37.5 Å². The summed E-state index contributed by atoms with van der Waals surface area (Å²) in [4.78, 5) is 29.8. The summed E-state index contributed by atoms with van der Waals surface area (Å²) in [5.74, 6) is -2.96. The molecule has 30 heavy (non-hydrogen) atoms. The summed E-state index contributed by atoms with van der Waals surface area (Å²) in [5, 5.41) is 0.332. The van der Waals surface area contributed by atoms with Crippen molar-refractivity contribution in [3.63, 3.8) is 0 Å². The fraction of sp³-hybridized carbons (Fsp3) is 0.217. The number of fused-ring (bicyclic) bond motifs is 1. The second-order valence-corrected chi connectivity index (χ2v) is 9.14. The number of aromatic amines is 1. The van der Waals surface area contributed by atoms with Crippen LogP contribution in [-0.2, 0) is 21.5 Å². The fourth-order valence-corrected chi connectivity index (χ4v) is 4.14. The number of rotatable bonds is 3. The van der Waals surface area contributed by atoms with Gasteiger partial charge in [-0.05, 0) is 38.5 Å². The van der Waals surface area contributed by atoms with Crippen LogP contribution in [0.3, 0.4) is 0 Å². The fourth-order valence-electron chi connectivity index (χ4n) is 3.54. The van der Waals surface area contributed by atoms with Gasteiger partial charge in [-0.3, -0.25) is 14.5 Å². The lowest BCUT2D eigenvalue weighted by Crippen LogP contribution is -2.30. The van der Waals surface area contributed by atoms with Crippen molar-refractivity contribution in [3.05, 3.63) is 75.4 Å². The van der Waals surface area contributed by atoms with Crippen molar-refractivity contribution in [1.29, 1.82) is 0 Å². The Morgan fingerprint density at radius 2 is 1.63 bits per heavy atom. The predicted octanol–water partition coefficient (Wildman–Crippen LogP) is 5.42. The molecule has 7 heteroatoms. The molecule has 0 unspecified atom stereocenters. The number of imide groups is 1. The maximum absolute atomic E-state index is 13.8. The molecular weight excluding hydrogens is 454 g/mol. The molecule has 0 saturated heterocycles. The summed E-state index contributed by atoms with van der Waals surface area (Å²) in [7, 11) is 0. The highest BCUT2D eigenvalue weighted by Crippen LogP contribution is 2.37. The smallest absolute Gasteiger partial charge is 0.268 e. The Balaban J connectivity index is 1.66. The summed E-state index contributed by atoms with van der Waals surface area (Å²) in [6.45, 7) is 6.45. The number of halogens is 3. The van der Waals surface area contributed by atoms with Crippen molar-refractivity contribution in [3.8, 4) is 0 Å². The minimum Gasteiger partial charge on any atom is -0.360 e. The van der Waals surface area contributed by atoms with Gasteiger partial charge in [0.1, 0.15) is 0 Å². The first-order valence-electron chi connectivity index (χ1n) is 9.40. The average Bonchev–Trinajstić information content (AvgIpc) is 3.16. The molecule has 0 atom stereocenters. The third-order valence-electron chi connectivity index (χ3n) is 5.26. The van der Waals surface area contributed by atoms with Gasteiger partial charge in [0.05, 0.1) is 16.6 Å². The molecule has 0 spiro atoms. The Morgan fingerprint density at radius 1 is 1.00 bits per heavy atom. The van der Waals surface area contributed by atoms with Crippen LogP contribution < -0.4 is 0 Å². The van der Waals surface area contributed by atoms with Crippen molar-refractivity contribution in [2.75, 3.05) is 0 Å². The Morgan fingerprint density at radius 3 is 2.27 bits per heavy atom. The zero-order valence-corrected chi connectivity index (χ0v) is 18.2. The molecule has 4 nitrogen and oxygen atoms in total. The molecular formula is C23H19BrF2N2O2. The molecule has 2 aromatic carbocycles. The number of H-pyrrole nitrogens is 1. The Kier molecular flexibility index (Phi) is 4.89. The third-order valence-corrected chi connectivity index (χ3v) is 6.00. The molecule has 0 fully saturated rings.